The minimum Gasteiger partial charge on any atom is -0.380 e. The van der Waals surface area contributed by atoms with Gasteiger partial charge in [-0.3, -0.25) is 0 Å². The van der Waals surface area contributed by atoms with Crippen molar-refractivity contribution in [3.8, 4) is 11.1 Å². The lowest BCUT2D eigenvalue weighted by Gasteiger charge is -2.40. The molecule has 0 unspecified atom stereocenters. The van der Waals surface area contributed by atoms with Gasteiger partial charge in [-0.2, -0.15) is 23.5 Å². The number of anilines is 12. The second-order valence-corrected chi connectivity index (χ2v) is 23.8. The lowest BCUT2D eigenvalue weighted by atomic mass is 9.86. The Balaban J connectivity index is 0.834. The molecule has 2 aliphatic rings. The molecule has 2 heterocycles. The van der Waals surface area contributed by atoms with Crippen molar-refractivity contribution < 1.29 is 9.47 Å². The van der Waals surface area contributed by atoms with Gasteiger partial charge in [0.15, 0.2) is 0 Å². The van der Waals surface area contributed by atoms with Crippen LogP contribution in [0.15, 0.2) is 267 Å². The van der Waals surface area contributed by atoms with E-state index in [2.05, 4.69) is 300 Å². The Bertz CT molecular complexity index is 3250. The number of ether oxygens (including phenoxy) is 2. The zero-order valence-corrected chi connectivity index (χ0v) is 48.5. The van der Waals surface area contributed by atoms with Gasteiger partial charge in [-0.05, 0) is 181 Å². The highest BCUT2D eigenvalue weighted by Gasteiger charge is 2.37. The molecule has 0 radical (unpaired) electrons. The molecule has 410 valence electrons. The van der Waals surface area contributed by atoms with Crippen LogP contribution in [0, 0.1) is 10.8 Å². The average molecular weight is 1110 g/mol. The Morgan fingerprint density at radius 2 is 0.488 bits per heavy atom. The standard InChI is InChI=1S/C74H70N4O2S2/c1-3-73(51-79-52-73)55-81-49-57-25-33-65(34-26-57)77(71-45-41-69(42-46-71)75(61-17-9-5-10-18-61)62-19-11-6-12-20-62)67-37-29-59(30-38-67)60-31-39-68(40-32-60)78(66-35-27-58(28-36-66)50-82-56-74(4-2)53-80-54-74)72-47-43-70(44-48-72)76(63-21-13-7-14-22-63)64-23-15-8-16-24-64/h5-48H,3-4,49-56H2,1-2H3. The first-order valence-corrected chi connectivity index (χ1v) is 31.1. The van der Waals surface area contributed by atoms with Crippen LogP contribution in [-0.2, 0) is 21.0 Å². The van der Waals surface area contributed by atoms with Crippen molar-refractivity contribution in [3.63, 3.8) is 0 Å². The summed E-state index contributed by atoms with van der Waals surface area (Å²) in [6, 6.07) is 96.7. The summed E-state index contributed by atoms with van der Waals surface area (Å²) in [5, 5.41) is 0. The molecule has 8 heteroatoms. The zero-order chi connectivity index (χ0) is 55.6. The van der Waals surface area contributed by atoms with Crippen LogP contribution < -0.4 is 19.6 Å². The molecule has 12 rings (SSSR count). The highest BCUT2D eigenvalue weighted by atomic mass is 32.2. The molecular weight excluding hydrogens is 1040 g/mol. The van der Waals surface area contributed by atoms with Crippen LogP contribution in [-0.4, -0.2) is 37.9 Å². The van der Waals surface area contributed by atoms with Crippen molar-refractivity contribution in [1.82, 2.24) is 0 Å². The monoisotopic (exact) mass is 1110 g/mol. The highest BCUT2D eigenvalue weighted by molar-refractivity contribution is 7.98. The normalized spacial score (nSPS) is 14.0. The number of para-hydroxylation sites is 4. The molecule has 0 atom stereocenters. The first kappa shape index (κ1) is 54.6. The average Bonchev–Trinajstić information content (AvgIpc) is 3.55. The number of hydrogen-bond acceptors (Lipinski definition) is 8. The summed E-state index contributed by atoms with van der Waals surface area (Å²) in [7, 11) is 0. The van der Waals surface area contributed by atoms with Gasteiger partial charge in [0, 0.05) is 102 Å². The second kappa shape index (κ2) is 25.4. The Kier molecular flexibility index (Phi) is 16.9. The molecule has 2 aliphatic heterocycles. The van der Waals surface area contributed by atoms with Crippen LogP contribution in [0.5, 0.6) is 0 Å². The maximum absolute atomic E-state index is 5.62. The Morgan fingerprint density at radius 3 is 0.695 bits per heavy atom. The molecule has 2 fully saturated rings. The van der Waals surface area contributed by atoms with E-state index in [-0.39, 0.29) is 0 Å². The van der Waals surface area contributed by atoms with E-state index in [9.17, 15) is 0 Å². The molecule has 82 heavy (non-hydrogen) atoms. The van der Waals surface area contributed by atoms with Crippen LogP contribution >= 0.6 is 23.5 Å². The van der Waals surface area contributed by atoms with Gasteiger partial charge in [0.05, 0.1) is 26.4 Å². The summed E-state index contributed by atoms with van der Waals surface area (Å²) < 4.78 is 11.2. The third kappa shape index (κ3) is 12.3. The quantitative estimate of drug-likeness (QED) is 0.0626. The first-order chi connectivity index (χ1) is 40.5. The van der Waals surface area contributed by atoms with Gasteiger partial charge < -0.3 is 29.1 Å². The third-order valence-corrected chi connectivity index (χ3v) is 19.0. The van der Waals surface area contributed by atoms with Gasteiger partial charge in [-0.25, -0.2) is 0 Å². The van der Waals surface area contributed by atoms with Gasteiger partial charge in [0.1, 0.15) is 0 Å². The van der Waals surface area contributed by atoms with E-state index in [1.54, 1.807) is 0 Å². The van der Waals surface area contributed by atoms with Crippen molar-refractivity contribution in [2.45, 2.75) is 38.2 Å². The predicted molar refractivity (Wildman–Crippen MR) is 350 cm³/mol. The second-order valence-electron chi connectivity index (χ2n) is 21.8. The Labute approximate surface area is 494 Å². The van der Waals surface area contributed by atoms with Crippen molar-refractivity contribution in [3.05, 3.63) is 278 Å². The number of thioether (sulfide) groups is 2. The molecule has 2 saturated heterocycles. The fourth-order valence-corrected chi connectivity index (χ4v) is 13.7. The summed E-state index contributed by atoms with van der Waals surface area (Å²) in [5.41, 5.74) is 18.8. The van der Waals surface area contributed by atoms with Crippen LogP contribution in [0.3, 0.4) is 0 Å². The molecule has 0 aromatic heterocycles. The van der Waals surface area contributed by atoms with Gasteiger partial charge >= 0.3 is 0 Å². The predicted octanol–water partition coefficient (Wildman–Crippen LogP) is 20.6. The van der Waals surface area contributed by atoms with Gasteiger partial charge in [-0.1, -0.05) is 135 Å². The first-order valence-electron chi connectivity index (χ1n) is 28.8. The number of benzene rings is 10. The van der Waals surface area contributed by atoms with Crippen molar-refractivity contribution in [2.75, 3.05) is 57.5 Å². The van der Waals surface area contributed by atoms with Crippen LogP contribution in [0.4, 0.5) is 68.2 Å². The van der Waals surface area contributed by atoms with E-state index in [1.807, 2.05) is 23.5 Å². The van der Waals surface area contributed by atoms with Gasteiger partial charge in [0.25, 0.3) is 0 Å². The van der Waals surface area contributed by atoms with E-state index in [1.165, 1.54) is 11.1 Å². The SMILES string of the molecule is CCC1(CSCc2ccc(N(c3ccc(-c4ccc(N(c5ccc(CSCC6(CC)COC6)cc5)c5ccc(N(c6ccccc6)c6ccccc6)cc5)cc4)cc3)c3ccc(N(c4ccccc4)c4ccccc4)cc3)cc2)COC1. The summed E-state index contributed by atoms with van der Waals surface area (Å²) in [4.78, 5) is 9.37. The Morgan fingerprint density at radius 1 is 0.280 bits per heavy atom. The maximum Gasteiger partial charge on any atom is 0.0552 e. The molecule has 0 N–H and O–H groups in total. The molecule has 6 nitrogen and oxygen atoms in total. The van der Waals surface area contributed by atoms with E-state index in [0.29, 0.717) is 10.8 Å². The molecule has 0 bridgehead atoms. The van der Waals surface area contributed by atoms with Crippen molar-refractivity contribution in [1.29, 1.82) is 0 Å². The lowest BCUT2D eigenvalue weighted by molar-refractivity contribution is -0.0994. The molecule has 0 aliphatic carbocycles. The third-order valence-electron chi connectivity index (χ3n) is 16.3. The van der Waals surface area contributed by atoms with E-state index < -0.39 is 0 Å². The van der Waals surface area contributed by atoms with Crippen LogP contribution in [0.1, 0.15) is 37.8 Å². The van der Waals surface area contributed by atoms with Gasteiger partial charge in [-0.15, -0.1) is 0 Å². The topological polar surface area (TPSA) is 31.4 Å². The molecule has 10 aromatic rings. The smallest absolute Gasteiger partial charge is 0.0552 e. The minimum absolute atomic E-state index is 0.331. The molecule has 10 aromatic carbocycles. The fourth-order valence-electron chi connectivity index (χ4n) is 11.0. The fraction of sp³-hybridized carbons (Fsp3) is 0.189. The number of hydrogen-bond donors (Lipinski definition) is 0. The van der Waals surface area contributed by atoms with Crippen molar-refractivity contribution in [2.24, 2.45) is 10.8 Å². The number of rotatable bonds is 23. The van der Waals surface area contributed by atoms with Crippen LogP contribution in [0.25, 0.3) is 11.1 Å². The van der Waals surface area contributed by atoms with E-state index in [4.69, 9.17) is 9.47 Å². The van der Waals surface area contributed by atoms with Crippen molar-refractivity contribution >= 4 is 91.8 Å². The van der Waals surface area contributed by atoms with E-state index in [0.717, 1.165) is 142 Å². The van der Waals surface area contributed by atoms with Gasteiger partial charge in [0.2, 0.25) is 0 Å². The molecule has 0 spiro atoms. The zero-order valence-electron chi connectivity index (χ0n) is 46.9. The minimum atomic E-state index is 0.331. The Hall–Kier alpha value is -7.98. The summed E-state index contributed by atoms with van der Waals surface area (Å²) in [6.07, 6.45) is 2.33. The largest absolute Gasteiger partial charge is 0.380 e. The summed E-state index contributed by atoms with van der Waals surface area (Å²) >= 11 is 4.04. The maximum atomic E-state index is 5.62. The van der Waals surface area contributed by atoms with Crippen LogP contribution in [0.2, 0.25) is 0 Å². The number of nitrogens with zero attached hydrogens (tertiary/aromatic N) is 4. The lowest BCUT2D eigenvalue weighted by Crippen LogP contribution is -2.44. The van der Waals surface area contributed by atoms with E-state index >= 15 is 0 Å². The summed E-state index contributed by atoms with van der Waals surface area (Å²) in [6.45, 7) is 8.11. The highest BCUT2D eigenvalue weighted by Crippen LogP contribution is 2.44. The summed E-state index contributed by atoms with van der Waals surface area (Å²) in [5.74, 6) is 4.21. The molecular formula is C74H70N4O2S2. The molecule has 0 saturated carbocycles. The molecule has 0 amide bonds.